The number of nitrogens with two attached hydrogens (primary N) is 1. The molecule has 0 bridgehead atoms. The van der Waals surface area contributed by atoms with E-state index in [-0.39, 0.29) is 5.28 Å². The number of carbonyl (C=O) groups is 1. The number of carbonyl (C=O) groups excluding carboxylic acids is 1. The molecule has 2 aromatic heterocycles. The molecule has 0 saturated heterocycles. The van der Waals surface area contributed by atoms with Crippen LogP contribution in [-0.4, -0.2) is 25.7 Å². The number of primary amides is 1. The van der Waals surface area contributed by atoms with E-state index in [2.05, 4.69) is 20.4 Å². The second-order valence-corrected chi connectivity index (χ2v) is 4.75. The van der Waals surface area contributed by atoms with Crippen LogP contribution in [-0.2, 0) is 7.05 Å². The van der Waals surface area contributed by atoms with Gasteiger partial charge >= 0.3 is 0 Å². The number of aromatic nitrogens is 4. The van der Waals surface area contributed by atoms with Crippen LogP contribution < -0.4 is 11.1 Å². The maximum atomic E-state index is 11.0. The topological polar surface area (TPSA) is 98.7 Å². The zero-order valence-corrected chi connectivity index (χ0v) is 11.8. The Bertz CT molecular complexity index is 827. The molecule has 3 N–H and O–H groups in total. The van der Waals surface area contributed by atoms with Gasteiger partial charge in [0.05, 0.1) is 11.6 Å². The number of nitrogens with zero attached hydrogens (tertiary/aromatic N) is 4. The van der Waals surface area contributed by atoms with E-state index < -0.39 is 5.91 Å². The summed E-state index contributed by atoms with van der Waals surface area (Å²) in [5.74, 6) is 0.0752. The van der Waals surface area contributed by atoms with Gasteiger partial charge in [0, 0.05) is 18.3 Å². The number of hydrogen-bond donors (Lipinski definition) is 2. The number of rotatable bonds is 3. The van der Waals surface area contributed by atoms with Gasteiger partial charge in [-0.05, 0) is 35.9 Å². The summed E-state index contributed by atoms with van der Waals surface area (Å²) in [6.07, 6.45) is 1.66. The molecule has 0 aliphatic rings. The fraction of sp³-hybridized carbons (Fsp3) is 0.0769. The van der Waals surface area contributed by atoms with Crippen molar-refractivity contribution in [3.05, 3.63) is 41.3 Å². The molecule has 8 heteroatoms. The number of aryl methyl sites for hydroxylation is 1. The number of hydrogen-bond acceptors (Lipinski definition) is 5. The van der Waals surface area contributed by atoms with Crippen LogP contribution in [0.5, 0.6) is 0 Å². The summed E-state index contributed by atoms with van der Waals surface area (Å²) in [5.41, 5.74) is 7.02. The number of nitrogens with one attached hydrogen (secondary N) is 1. The second-order valence-electron chi connectivity index (χ2n) is 4.41. The van der Waals surface area contributed by atoms with Gasteiger partial charge in [-0.25, -0.2) is 0 Å². The van der Waals surface area contributed by atoms with Gasteiger partial charge in [0.1, 0.15) is 5.82 Å². The molecule has 21 heavy (non-hydrogen) atoms. The fourth-order valence-corrected chi connectivity index (χ4v) is 2.11. The van der Waals surface area contributed by atoms with Crippen molar-refractivity contribution in [3.63, 3.8) is 0 Å². The van der Waals surface area contributed by atoms with E-state index in [0.29, 0.717) is 17.0 Å². The minimum Gasteiger partial charge on any atom is -0.366 e. The highest BCUT2D eigenvalue weighted by molar-refractivity contribution is 6.28. The lowest BCUT2D eigenvalue weighted by molar-refractivity contribution is 0.100. The Morgan fingerprint density at radius 2 is 2.00 bits per heavy atom. The van der Waals surface area contributed by atoms with Gasteiger partial charge in [-0.15, -0.1) is 0 Å². The SMILES string of the molecule is Cn1ncc2c(Nc3ccc(C(N)=O)cc3)nc(Cl)nc21. The Morgan fingerprint density at radius 1 is 1.29 bits per heavy atom. The second kappa shape index (κ2) is 5.02. The first-order chi connectivity index (χ1) is 10.0. The van der Waals surface area contributed by atoms with Crippen LogP contribution in [0.4, 0.5) is 11.5 Å². The van der Waals surface area contributed by atoms with E-state index >= 15 is 0 Å². The van der Waals surface area contributed by atoms with Crippen LogP contribution in [0.3, 0.4) is 0 Å². The lowest BCUT2D eigenvalue weighted by atomic mass is 10.2. The molecule has 0 fully saturated rings. The van der Waals surface area contributed by atoms with Gasteiger partial charge in [-0.3, -0.25) is 9.48 Å². The monoisotopic (exact) mass is 302 g/mol. The Labute approximate surface area is 124 Å². The highest BCUT2D eigenvalue weighted by atomic mass is 35.5. The average Bonchev–Trinajstić information content (AvgIpc) is 2.81. The Morgan fingerprint density at radius 3 is 2.67 bits per heavy atom. The highest BCUT2D eigenvalue weighted by Crippen LogP contribution is 2.24. The molecule has 106 valence electrons. The van der Waals surface area contributed by atoms with Crippen molar-refractivity contribution in [2.45, 2.75) is 0 Å². The van der Waals surface area contributed by atoms with Crippen molar-refractivity contribution in [3.8, 4) is 0 Å². The predicted octanol–water partition coefficient (Wildman–Crippen LogP) is 1.86. The van der Waals surface area contributed by atoms with Crippen LogP contribution in [0.15, 0.2) is 30.5 Å². The number of halogens is 1. The van der Waals surface area contributed by atoms with E-state index in [0.717, 1.165) is 11.1 Å². The summed E-state index contributed by atoms with van der Waals surface area (Å²) in [4.78, 5) is 19.3. The predicted molar refractivity (Wildman–Crippen MR) is 79.6 cm³/mol. The van der Waals surface area contributed by atoms with Crippen LogP contribution in [0, 0.1) is 0 Å². The van der Waals surface area contributed by atoms with Crippen molar-refractivity contribution in [2.24, 2.45) is 12.8 Å². The third-order valence-corrected chi connectivity index (χ3v) is 3.17. The molecule has 1 aromatic carbocycles. The first-order valence-electron chi connectivity index (χ1n) is 6.07. The molecule has 0 atom stereocenters. The normalized spacial score (nSPS) is 10.8. The molecule has 0 aliphatic heterocycles. The van der Waals surface area contributed by atoms with Gasteiger partial charge in [-0.2, -0.15) is 15.1 Å². The van der Waals surface area contributed by atoms with E-state index in [1.165, 1.54) is 0 Å². The molecule has 2 heterocycles. The van der Waals surface area contributed by atoms with Crippen molar-refractivity contribution in [1.82, 2.24) is 19.7 Å². The van der Waals surface area contributed by atoms with Crippen LogP contribution in [0.25, 0.3) is 11.0 Å². The van der Waals surface area contributed by atoms with E-state index in [1.54, 1.807) is 42.2 Å². The molecule has 0 saturated carbocycles. The van der Waals surface area contributed by atoms with Gasteiger partial charge < -0.3 is 11.1 Å². The van der Waals surface area contributed by atoms with Crippen LogP contribution >= 0.6 is 11.6 Å². The van der Waals surface area contributed by atoms with Crippen molar-refractivity contribution < 1.29 is 4.79 Å². The van der Waals surface area contributed by atoms with Crippen LogP contribution in [0.1, 0.15) is 10.4 Å². The van der Waals surface area contributed by atoms with E-state index in [9.17, 15) is 4.79 Å². The quantitative estimate of drug-likeness (QED) is 0.719. The number of fused-ring (bicyclic) bond motifs is 1. The van der Waals surface area contributed by atoms with Crippen LogP contribution in [0.2, 0.25) is 5.28 Å². The minimum atomic E-state index is -0.471. The molecule has 3 aromatic rings. The first kappa shape index (κ1) is 13.3. The van der Waals surface area contributed by atoms with E-state index in [4.69, 9.17) is 17.3 Å². The zero-order valence-electron chi connectivity index (χ0n) is 11.0. The third-order valence-electron chi connectivity index (χ3n) is 3.00. The van der Waals surface area contributed by atoms with Gasteiger partial charge in [0.15, 0.2) is 5.65 Å². The standard InChI is InChI=1S/C13H11ClN6O/c1-20-12-9(6-16-20)11(18-13(14)19-12)17-8-4-2-7(3-5-8)10(15)21/h2-6H,1H3,(H2,15,21)(H,17,18,19). The fourth-order valence-electron chi connectivity index (χ4n) is 1.95. The van der Waals surface area contributed by atoms with Gasteiger partial charge in [0.2, 0.25) is 11.2 Å². The number of benzene rings is 1. The largest absolute Gasteiger partial charge is 0.366 e. The number of amides is 1. The molecule has 0 radical (unpaired) electrons. The Hall–Kier alpha value is -2.67. The molecule has 0 spiro atoms. The lowest BCUT2D eigenvalue weighted by Crippen LogP contribution is -2.10. The molecule has 0 unspecified atom stereocenters. The van der Waals surface area contributed by atoms with E-state index in [1.807, 2.05) is 0 Å². The highest BCUT2D eigenvalue weighted by Gasteiger charge is 2.11. The molecular weight excluding hydrogens is 292 g/mol. The van der Waals surface area contributed by atoms with Crippen molar-refractivity contribution in [2.75, 3.05) is 5.32 Å². The molecular formula is C13H11ClN6O. The minimum absolute atomic E-state index is 0.127. The maximum Gasteiger partial charge on any atom is 0.248 e. The van der Waals surface area contributed by atoms with Gasteiger partial charge in [0.25, 0.3) is 0 Å². The maximum absolute atomic E-state index is 11.0. The summed E-state index contributed by atoms with van der Waals surface area (Å²) < 4.78 is 1.62. The molecule has 7 nitrogen and oxygen atoms in total. The Balaban J connectivity index is 1.99. The summed E-state index contributed by atoms with van der Waals surface area (Å²) in [5, 5.41) is 8.13. The first-order valence-corrected chi connectivity index (χ1v) is 6.44. The molecule has 1 amide bonds. The molecule has 0 aliphatic carbocycles. The summed E-state index contributed by atoms with van der Waals surface area (Å²) >= 11 is 5.92. The smallest absolute Gasteiger partial charge is 0.248 e. The van der Waals surface area contributed by atoms with Crippen molar-refractivity contribution in [1.29, 1.82) is 0 Å². The lowest BCUT2D eigenvalue weighted by Gasteiger charge is -2.07. The number of anilines is 2. The third kappa shape index (κ3) is 2.50. The summed E-state index contributed by atoms with van der Waals surface area (Å²) in [6.45, 7) is 0. The molecule has 3 rings (SSSR count). The van der Waals surface area contributed by atoms with Crippen molar-refractivity contribution >= 4 is 40.0 Å². The summed E-state index contributed by atoms with van der Waals surface area (Å²) in [7, 11) is 1.77. The van der Waals surface area contributed by atoms with Gasteiger partial charge in [-0.1, -0.05) is 0 Å². The summed E-state index contributed by atoms with van der Waals surface area (Å²) in [6, 6.07) is 6.73. The average molecular weight is 303 g/mol. The zero-order chi connectivity index (χ0) is 15.0. The Kier molecular flexibility index (Phi) is 3.19.